The number of ketones is 2. The largest absolute Gasteiger partial charge is 0.390 e. The average Bonchev–Trinajstić information content (AvgIpc) is 3.11. The molecule has 4 aliphatic carbocycles. The van der Waals surface area contributed by atoms with E-state index in [2.05, 4.69) is 0 Å². The number of ether oxygens (including phenoxy) is 2. The van der Waals surface area contributed by atoms with Gasteiger partial charge in [-0.15, -0.1) is 11.6 Å². The molecule has 5 nitrogen and oxygen atoms in total. The fourth-order valence-electron chi connectivity index (χ4n) is 8.26. The van der Waals surface area contributed by atoms with Gasteiger partial charge in [-0.25, -0.2) is 8.78 Å². The Kier molecular flexibility index (Phi) is 5.11. The first-order chi connectivity index (χ1) is 15.1. The smallest absolute Gasteiger partial charge is 0.234 e. The van der Waals surface area contributed by atoms with E-state index in [4.69, 9.17) is 32.7 Å². The zero-order chi connectivity index (χ0) is 24.4. The predicted octanol–water partition coefficient (Wildman–Crippen LogP) is 4.40. The summed E-state index contributed by atoms with van der Waals surface area (Å²) in [6.45, 7) is 6.78. The number of halogens is 4. The maximum atomic E-state index is 17.3. The van der Waals surface area contributed by atoms with Crippen LogP contribution in [0.5, 0.6) is 0 Å². The fraction of sp³-hybridized carbons (Fsp3) is 0.833. The number of aliphatic hydroxyl groups is 1. The molecular formula is C24H30Cl2F2O5. The number of allylic oxidation sites excluding steroid dienone is 1. The number of fused-ring (bicyclic) bond motifs is 7. The molecule has 1 heterocycles. The van der Waals surface area contributed by atoms with Crippen molar-refractivity contribution in [1.82, 2.24) is 0 Å². The molecule has 9 heteroatoms. The highest BCUT2D eigenvalue weighted by Gasteiger charge is 2.81. The van der Waals surface area contributed by atoms with Gasteiger partial charge >= 0.3 is 0 Å². The van der Waals surface area contributed by atoms with Gasteiger partial charge in [-0.1, -0.05) is 25.4 Å². The molecule has 4 fully saturated rings. The molecule has 1 saturated heterocycles. The van der Waals surface area contributed by atoms with Crippen LogP contribution in [0, 0.1) is 22.7 Å². The van der Waals surface area contributed by atoms with Crippen LogP contribution in [0.2, 0.25) is 0 Å². The zero-order valence-corrected chi connectivity index (χ0v) is 20.7. The van der Waals surface area contributed by atoms with Gasteiger partial charge in [-0.3, -0.25) is 9.59 Å². The van der Waals surface area contributed by atoms with Gasteiger partial charge < -0.3 is 14.6 Å². The van der Waals surface area contributed by atoms with E-state index < -0.39 is 68.7 Å². The average molecular weight is 507 g/mol. The molecule has 0 aromatic heterocycles. The number of hydrogen-bond acceptors (Lipinski definition) is 5. The Morgan fingerprint density at radius 2 is 1.91 bits per heavy atom. The summed E-state index contributed by atoms with van der Waals surface area (Å²) < 4.78 is 43.9. The molecule has 1 unspecified atom stereocenters. The van der Waals surface area contributed by atoms with E-state index in [1.165, 1.54) is 6.08 Å². The third-order valence-electron chi connectivity index (χ3n) is 9.58. The third-order valence-corrected chi connectivity index (χ3v) is 10.2. The zero-order valence-electron chi connectivity index (χ0n) is 19.2. The van der Waals surface area contributed by atoms with Crippen LogP contribution in [0.15, 0.2) is 11.6 Å². The quantitative estimate of drug-likeness (QED) is 0.561. The second-order valence-corrected chi connectivity index (χ2v) is 12.4. The first kappa shape index (κ1) is 24.1. The van der Waals surface area contributed by atoms with Crippen LogP contribution >= 0.6 is 23.2 Å². The number of carbonyl (C=O) groups excluding carboxylic acids is 2. The Morgan fingerprint density at radius 1 is 1.24 bits per heavy atom. The molecule has 1 aliphatic heterocycles. The summed E-state index contributed by atoms with van der Waals surface area (Å²) in [6, 6.07) is 0. The lowest BCUT2D eigenvalue weighted by atomic mass is 9.43. The van der Waals surface area contributed by atoms with Crippen molar-refractivity contribution in [2.24, 2.45) is 22.7 Å². The van der Waals surface area contributed by atoms with E-state index in [0.29, 0.717) is 5.57 Å². The molecule has 0 radical (unpaired) electrons. The summed E-state index contributed by atoms with van der Waals surface area (Å²) in [5.41, 5.74) is -7.85. The lowest BCUT2D eigenvalue weighted by Gasteiger charge is -2.64. The highest BCUT2D eigenvalue weighted by molar-refractivity contribution is 6.31. The highest BCUT2D eigenvalue weighted by atomic mass is 35.5. The van der Waals surface area contributed by atoms with Crippen LogP contribution in [0.25, 0.3) is 0 Å². The van der Waals surface area contributed by atoms with Crippen LogP contribution < -0.4 is 0 Å². The molecule has 1 N–H and O–H groups in total. The van der Waals surface area contributed by atoms with Gasteiger partial charge in [0.25, 0.3) is 0 Å². The SMILES string of the molecule is CC1(C)O[C@@H]2C[C@H]3[C@@H]4C[C@H](Cl)C5=CC(=O)CC[C@]5(C)[C@@]4(F)[C@@H](O)C[C@]3(C)[C@]2(C(=O)C(F)Cl)O1. The number of alkyl halides is 4. The Bertz CT molecular complexity index is 955. The van der Waals surface area contributed by atoms with Gasteiger partial charge in [-0.05, 0) is 57.1 Å². The minimum Gasteiger partial charge on any atom is -0.390 e. The van der Waals surface area contributed by atoms with Gasteiger partial charge in [0.1, 0.15) is 5.67 Å². The lowest BCUT2D eigenvalue weighted by molar-refractivity contribution is -0.251. The number of rotatable bonds is 2. The molecule has 5 rings (SSSR count). The van der Waals surface area contributed by atoms with E-state index in [1.807, 2.05) is 0 Å². The maximum absolute atomic E-state index is 17.3. The second kappa shape index (κ2) is 7.00. The van der Waals surface area contributed by atoms with Gasteiger partial charge in [0.2, 0.25) is 11.4 Å². The predicted molar refractivity (Wildman–Crippen MR) is 117 cm³/mol. The minimum atomic E-state index is -2.32. The fourth-order valence-corrected chi connectivity index (χ4v) is 8.91. The van der Waals surface area contributed by atoms with Crippen molar-refractivity contribution in [3.8, 4) is 0 Å². The topological polar surface area (TPSA) is 72.8 Å². The molecule has 0 bridgehead atoms. The number of Topliss-reactive ketones (excluding diaryl/α,β-unsaturated/α-hetero) is 1. The lowest BCUT2D eigenvalue weighted by Crippen LogP contribution is -2.71. The van der Waals surface area contributed by atoms with Crippen molar-refractivity contribution in [2.45, 2.75) is 100 Å². The molecule has 0 aromatic rings. The first-order valence-corrected chi connectivity index (χ1v) is 12.5. The molecule has 0 amide bonds. The number of aliphatic hydroxyl groups excluding tert-OH is 1. The normalized spacial score (nSPS) is 53.4. The summed E-state index contributed by atoms with van der Waals surface area (Å²) in [5, 5.41) is 10.9. The van der Waals surface area contributed by atoms with E-state index in [-0.39, 0.29) is 37.9 Å². The molecule has 184 valence electrons. The van der Waals surface area contributed by atoms with E-state index >= 15 is 4.39 Å². The van der Waals surface area contributed by atoms with E-state index in [9.17, 15) is 19.1 Å². The molecule has 5 aliphatic rings. The van der Waals surface area contributed by atoms with Crippen LogP contribution in [-0.2, 0) is 19.1 Å². The van der Waals surface area contributed by atoms with Crippen molar-refractivity contribution in [2.75, 3.05) is 0 Å². The van der Waals surface area contributed by atoms with E-state index in [0.717, 1.165) is 0 Å². The van der Waals surface area contributed by atoms with Gasteiger partial charge in [-0.2, -0.15) is 0 Å². The molecule has 3 saturated carbocycles. The van der Waals surface area contributed by atoms with E-state index in [1.54, 1.807) is 27.7 Å². The Morgan fingerprint density at radius 3 is 2.55 bits per heavy atom. The van der Waals surface area contributed by atoms with Crippen molar-refractivity contribution in [3.05, 3.63) is 11.6 Å². The number of hydrogen-bond donors (Lipinski definition) is 1. The van der Waals surface area contributed by atoms with Crippen molar-refractivity contribution >= 4 is 34.8 Å². The van der Waals surface area contributed by atoms with Crippen molar-refractivity contribution < 1.29 is 33.0 Å². The van der Waals surface area contributed by atoms with Crippen molar-refractivity contribution in [3.63, 3.8) is 0 Å². The van der Waals surface area contributed by atoms with Gasteiger partial charge in [0.15, 0.2) is 17.2 Å². The van der Waals surface area contributed by atoms with Crippen LogP contribution in [0.4, 0.5) is 8.78 Å². The van der Waals surface area contributed by atoms with Crippen LogP contribution in [-0.4, -0.2) is 56.9 Å². The summed E-state index contributed by atoms with van der Waals surface area (Å²) in [7, 11) is 0. The number of carbonyl (C=O) groups is 2. The minimum absolute atomic E-state index is 0.0922. The molecule has 0 aromatic carbocycles. The Hall–Kier alpha value is -0.600. The molecule has 0 spiro atoms. The van der Waals surface area contributed by atoms with Crippen LogP contribution in [0.1, 0.15) is 59.8 Å². The first-order valence-electron chi connectivity index (χ1n) is 11.6. The Labute approximate surface area is 202 Å². The Balaban J connectivity index is 1.66. The standard InChI is InChI=1S/C24H30Cl2F2O5/c1-20(2)32-17-9-12-13-8-15(25)14-7-11(29)5-6-21(14,3)23(13,28)16(30)10-22(12,4)24(17,33-20)18(31)19(26)27/h7,12-13,15-17,19,30H,5-6,8-10H2,1-4H3/t12-,13-,15-,16-,17+,19?,21-,22-,23-,24-/m0/s1. The van der Waals surface area contributed by atoms with Crippen molar-refractivity contribution in [1.29, 1.82) is 0 Å². The maximum Gasteiger partial charge on any atom is 0.234 e. The molecule has 33 heavy (non-hydrogen) atoms. The summed E-state index contributed by atoms with van der Waals surface area (Å²) in [5.74, 6) is -3.41. The summed E-state index contributed by atoms with van der Waals surface area (Å²) in [6.07, 6.45) is -0.107. The van der Waals surface area contributed by atoms with Gasteiger partial charge in [0.05, 0.1) is 17.6 Å². The highest BCUT2D eigenvalue weighted by Crippen LogP contribution is 2.73. The second-order valence-electron chi connectivity index (χ2n) is 11.5. The molecule has 10 atom stereocenters. The summed E-state index contributed by atoms with van der Waals surface area (Å²) >= 11 is 12.4. The monoisotopic (exact) mass is 506 g/mol. The third kappa shape index (κ3) is 2.75. The summed E-state index contributed by atoms with van der Waals surface area (Å²) in [4.78, 5) is 25.4. The van der Waals surface area contributed by atoms with Crippen LogP contribution in [0.3, 0.4) is 0 Å². The molecular weight excluding hydrogens is 477 g/mol. The van der Waals surface area contributed by atoms with Gasteiger partial charge in [0, 0.05) is 23.2 Å².